The number of ether oxygens (including phenoxy) is 1. The molecule has 0 aromatic heterocycles. The molecule has 0 saturated carbocycles. The van der Waals surface area contributed by atoms with Crippen molar-refractivity contribution in [2.75, 3.05) is 6.61 Å². The normalized spacial score (nSPS) is 23.1. The molecule has 1 aromatic carbocycles. The predicted octanol–water partition coefficient (Wildman–Crippen LogP) is 2.76. The Kier molecular flexibility index (Phi) is 5.98. The maximum absolute atomic E-state index is 12.6. The van der Waals surface area contributed by atoms with Gasteiger partial charge in [0.15, 0.2) is 0 Å². The molecule has 1 heterocycles. The highest BCUT2D eigenvalue weighted by atomic mass is 31.2. The van der Waals surface area contributed by atoms with Gasteiger partial charge in [-0.05, 0) is 31.7 Å². The number of rotatable bonds is 8. The Morgan fingerprint density at radius 2 is 2.13 bits per heavy atom. The first-order valence-electron chi connectivity index (χ1n) is 7.79. The number of benzene rings is 1. The Morgan fingerprint density at radius 3 is 2.70 bits per heavy atom. The zero-order valence-electron chi connectivity index (χ0n) is 13.3. The number of hydrogen-bond donors (Lipinski definition) is 3. The molecule has 23 heavy (non-hydrogen) atoms. The van der Waals surface area contributed by atoms with Gasteiger partial charge in [0.1, 0.15) is 0 Å². The van der Waals surface area contributed by atoms with E-state index < -0.39 is 19.0 Å². The van der Waals surface area contributed by atoms with E-state index in [4.69, 9.17) is 9.84 Å². The number of carbonyl (C=O) groups is 1. The lowest BCUT2D eigenvalue weighted by Crippen LogP contribution is -2.50. The van der Waals surface area contributed by atoms with Gasteiger partial charge in [-0.25, -0.2) is 5.09 Å². The zero-order chi connectivity index (χ0) is 16.9. The van der Waals surface area contributed by atoms with Gasteiger partial charge in [-0.1, -0.05) is 30.3 Å². The molecule has 0 amide bonds. The second kappa shape index (κ2) is 7.58. The Labute approximate surface area is 136 Å². The number of carboxylic acid groups (broad SMARTS) is 1. The second-order valence-electron chi connectivity index (χ2n) is 6.27. The van der Waals surface area contributed by atoms with Crippen LogP contribution < -0.4 is 5.09 Å². The summed E-state index contributed by atoms with van der Waals surface area (Å²) in [7, 11) is -3.67. The molecule has 1 saturated heterocycles. The van der Waals surface area contributed by atoms with Crippen molar-refractivity contribution in [1.82, 2.24) is 5.09 Å². The Bertz CT molecular complexity index is 573. The highest BCUT2D eigenvalue weighted by molar-refractivity contribution is 7.55. The fraction of sp³-hybridized carbons (Fsp3) is 0.562. The smallest absolute Gasteiger partial charge is 0.303 e. The fourth-order valence-corrected chi connectivity index (χ4v) is 4.84. The van der Waals surface area contributed by atoms with Crippen molar-refractivity contribution < 1.29 is 24.1 Å². The molecule has 3 atom stereocenters. The molecule has 0 aliphatic carbocycles. The average molecular weight is 341 g/mol. The molecule has 0 radical (unpaired) electrons. The molecule has 1 aliphatic rings. The average Bonchev–Trinajstić information content (AvgIpc) is 3.00. The molecule has 0 bridgehead atoms. The van der Waals surface area contributed by atoms with Gasteiger partial charge in [-0.15, -0.1) is 0 Å². The number of nitrogens with one attached hydrogen (secondary N) is 1. The molecule has 1 aliphatic heterocycles. The third kappa shape index (κ3) is 5.43. The van der Waals surface area contributed by atoms with Crippen LogP contribution in [0.1, 0.15) is 38.2 Å². The van der Waals surface area contributed by atoms with E-state index in [2.05, 4.69) is 5.09 Å². The van der Waals surface area contributed by atoms with Crippen molar-refractivity contribution in [3.8, 4) is 0 Å². The van der Waals surface area contributed by atoms with E-state index in [0.717, 1.165) is 18.4 Å². The topological polar surface area (TPSA) is 95.9 Å². The van der Waals surface area contributed by atoms with Crippen molar-refractivity contribution >= 4 is 13.5 Å². The van der Waals surface area contributed by atoms with E-state index in [0.29, 0.717) is 6.61 Å². The van der Waals surface area contributed by atoms with E-state index in [9.17, 15) is 14.3 Å². The van der Waals surface area contributed by atoms with Gasteiger partial charge in [0.2, 0.25) is 0 Å². The molecule has 1 aromatic rings. The monoisotopic (exact) mass is 341 g/mol. The highest BCUT2D eigenvalue weighted by Crippen LogP contribution is 2.45. The SMILES string of the molecule is CC(CCC(=O)O)(NP(=O)(O)Cc1ccccc1)C1CCCO1. The Morgan fingerprint density at radius 1 is 1.43 bits per heavy atom. The highest BCUT2D eigenvalue weighted by Gasteiger charge is 2.41. The fourth-order valence-electron chi connectivity index (χ4n) is 3.01. The van der Waals surface area contributed by atoms with Crippen molar-refractivity contribution in [1.29, 1.82) is 0 Å². The minimum atomic E-state index is -3.67. The number of carboxylic acids is 1. The summed E-state index contributed by atoms with van der Waals surface area (Å²) in [4.78, 5) is 21.3. The van der Waals surface area contributed by atoms with Crippen LogP contribution in [0.25, 0.3) is 0 Å². The first-order valence-corrected chi connectivity index (χ1v) is 9.64. The summed E-state index contributed by atoms with van der Waals surface area (Å²) in [5.41, 5.74) is -0.0766. The van der Waals surface area contributed by atoms with Gasteiger partial charge >= 0.3 is 5.97 Å². The summed E-state index contributed by atoms with van der Waals surface area (Å²) in [6.07, 6.45) is 1.56. The first kappa shape index (κ1) is 18.1. The van der Waals surface area contributed by atoms with Crippen LogP contribution in [0.5, 0.6) is 0 Å². The van der Waals surface area contributed by atoms with Crippen LogP contribution in [-0.4, -0.2) is 34.2 Å². The van der Waals surface area contributed by atoms with E-state index in [1.165, 1.54) is 0 Å². The van der Waals surface area contributed by atoms with E-state index in [1.807, 2.05) is 18.2 Å². The quantitative estimate of drug-likeness (QED) is 0.629. The summed E-state index contributed by atoms with van der Waals surface area (Å²) in [6.45, 7) is 2.38. The molecule has 3 N–H and O–H groups in total. The number of aliphatic carboxylic acids is 1. The van der Waals surface area contributed by atoms with Gasteiger partial charge in [-0.2, -0.15) is 0 Å². The summed E-state index contributed by atoms with van der Waals surface area (Å²) < 4.78 is 18.3. The molecule has 3 unspecified atom stereocenters. The van der Waals surface area contributed by atoms with Crippen LogP contribution in [-0.2, 0) is 20.3 Å². The van der Waals surface area contributed by atoms with Gasteiger partial charge in [-0.3, -0.25) is 9.36 Å². The summed E-state index contributed by atoms with van der Waals surface area (Å²) >= 11 is 0. The van der Waals surface area contributed by atoms with Crippen molar-refractivity contribution in [2.45, 2.75) is 50.4 Å². The molecule has 0 spiro atoms. The van der Waals surface area contributed by atoms with Crippen molar-refractivity contribution in [3.05, 3.63) is 35.9 Å². The maximum Gasteiger partial charge on any atom is 0.303 e. The molecule has 6 nitrogen and oxygen atoms in total. The molecule has 128 valence electrons. The van der Waals surface area contributed by atoms with Gasteiger partial charge in [0.25, 0.3) is 7.52 Å². The summed E-state index contributed by atoms with van der Waals surface area (Å²) in [6, 6.07) is 9.08. The molecular formula is C16H24NO5P. The number of hydrogen-bond acceptors (Lipinski definition) is 3. The van der Waals surface area contributed by atoms with Gasteiger partial charge in [0, 0.05) is 13.0 Å². The molecule has 7 heteroatoms. The lowest BCUT2D eigenvalue weighted by molar-refractivity contribution is -0.137. The Hall–Kier alpha value is -1.20. The largest absolute Gasteiger partial charge is 0.481 e. The van der Waals surface area contributed by atoms with Crippen LogP contribution in [0.15, 0.2) is 30.3 Å². The third-order valence-electron chi connectivity index (χ3n) is 4.17. The third-order valence-corrected chi connectivity index (χ3v) is 5.82. The van der Waals surface area contributed by atoms with Crippen LogP contribution >= 0.6 is 7.52 Å². The Balaban J connectivity index is 2.11. The first-order chi connectivity index (χ1) is 10.8. The molecular weight excluding hydrogens is 317 g/mol. The minimum absolute atomic E-state index is 0.00320. The van der Waals surface area contributed by atoms with Gasteiger partial charge < -0.3 is 14.7 Å². The lowest BCUT2D eigenvalue weighted by atomic mass is 9.89. The maximum atomic E-state index is 12.6. The summed E-state index contributed by atoms with van der Waals surface area (Å²) in [5, 5.41) is 11.8. The van der Waals surface area contributed by atoms with Crippen LogP contribution in [0.3, 0.4) is 0 Å². The zero-order valence-corrected chi connectivity index (χ0v) is 14.2. The van der Waals surface area contributed by atoms with Crippen molar-refractivity contribution in [3.63, 3.8) is 0 Å². The van der Waals surface area contributed by atoms with E-state index in [-0.39, 0.29) is 25.1 Å². The van der Waals surface area contributed by atoms with Crippen LogP contribution in [0.4, 0.5) is 0 Å². The predicted molar refractivity (Wildman–Crippen MR) is 87.4 cm³/mol. The standard InChI is InChI=1S/C16H24NO5P/c1-16(10-9-15(18)19,14-8-5-11-22-14)17-23(20,21)12-13-6-3-2-4-7-13/h2-4,6-7,14H,5,8-12H2,1H3,(H,18,19)(H2,17,20,21). The van der Waals surface area contributed by atoms with Crippen molar-refractivity contribution in [2.24, 2.45) is 0 Å². The molecule has 1 fully saturated rings. The lowest BCUT2D eigenvalue weighted by Gasteiger charge is -2.37. The van der Waals surface area contributed by atoms with Crippen LogP contribution in [0, 0.1) is 0 Å². The summed E-state index contributed by atoms with van der Waals surface area (Å²) in [5.74, 6) is -0.924. The molecule has 2 rings (SSSR count). The second-order valence-corrected chi connectivity index (χ2v) is 8.21. The van der Waals surface area contributed by atoms with E-state index in [1.54, 1.807) is 19.1 Å². The van der Waals surface area contributed by atoms with Crippen LogP contribution in [0.2, 0.25) is 0 Å². The van der Waals surface area contributed by atoms with E-state index >= 15 is 0 Å². The minimum Gasteiger partial charge on any atom is -0.481 e. The van der Waals surface area contributed by atoms with Gasteiger partial charge in [0.05, 0.1) is 17.8 Å².